The quantitative estimate of drug-likeness (QED) is 0.653. The predicted molar refractivity (Wildman–Crippen MR) is 110 cm³/mol. The van der Waals surface area contributed by atoms with Gasteiger partial charge >= 0.3 is 0 Å². The molecule has 1 unspecified atom stereocenters. The van der Waals surface area contributed by atoms with Crippen LogP contribution in [-0.2, 0) is 20.8 Å². The Hall–Kier alpha value is -2.47. The van der Waals surface area contributed by atoms with Crippen LogP contribution in [0.3, 0.4) is 0 Å². The van der Waals surface area contributed by atoms with Crippen LogP contribution in [0.4, 0.5) is 0 Å². The highest BCUT2D eigenvalue weighted by atomic mass is 32.1. The van der Waals surface area contributed by atoms with E-state index in [1.807, 2.05) is 17.5 Å². The maximum Gasteiger partial charge on any atom is 0.229 e. The van der Waals surface area contributed by atoms with Crippen LogP contribution in [0.5, 0.6) is 0 Å². The number of imide groups is 1. The van der Waals surface area contributed by atoms with E-state index in [1.54, 1.807) is 11.3 Å². The number of benzene rings is 1. The lowest BCUT2D eigenvalue weighted by Gasteiger charge is -2.20. The summed E-state index contributed by atoms with van der Waals surface area (Å²) in [6, 6.07) is 12.1. The molecule has 0 bridgehead atoms. The van der Waals surface area contributed by atoms with E-state index in [-0.39, 0.29) is 49.6 Å². The van der Waals surface area contributed by atoms with Gasteiger partial charge in [-0.15, -0.1) is 11.3 Å². The summed E-state index contributed by atoms with van der Waals surface area (Å²) in [5.74, 6) is -0.536. The topological polar surface area (TPSA) is 66.5 Å². The van der Waals surface area contributed by atoms with Crippen molar-refractivity contribution in [2.75, 3.05) is 6.54 Å². The van der Waals surface area contributed by atoms with Gasteiger partial charge in [0, 0.05) is 30.7 Å². The summed E-state index contributed by atoms with van der Waals surface area (Å²) in [6.07, 6.45) is 4.01. The Kier molecular flexibility index (Phi) is 6.98. The average Bonchev–Trinajstić information content (AvgIpc) is 3.34. The van der Waals surface area contributed by atoms with Gasteiger partial charge < -0.3 is 5.32 Å². The molecule has 1 aromatic carbocycles. The van der Waals surface area contributed by atoms with Crippen LogP contribution in [0.2, 0.25) is 0 Å². The number of amides is 3. The lowest BCUT2D eigenvalue weighted by atomic mass is 10.0. The summed E-state index contributed by atoms with van der Waals surface area (Å²) in [5.41, 5.74) is 2.33. The third-order valence-corrected chi connectivity index (χ3v) is 5.92. The molecule has 6 heteroatoms. The Morgan fingerprint density at radius 1 is 1.14 bits per heavy atom. The number of thiophene rings is 1. The number of nitrogens with zero attached hydrogens (tertiary/aromatic N) is 1. The highest BCUT2D eigenvalue weighted by Crippen LogP contribution is 2.27. The highest BCUT2D eigenvalue weighted by molar-refractivity contribution is 7.10. The van der Waals surface area contributed by atoms with E-state index in [0.717, 1.165) is 23.3 Å². The van der Waals surface area contributed by atoms with E-state index in [1.165, 1.54) is 16.9 Å². The number of aryl methyl sites for hydroxylation is 1. The fraction of sp³-hybridized carbons (Fsp3) is 0.409. The van der Waals surface area contributed by atoms with Gasteiger partial charge in [-0.3, -0.25) is 19.3 Å². The maximum atomic E-state index is 12.5. The molecular weight excluding hydrogens is 372 g/mol. The zero-order valence-corrected chi connectivity index (χ0v) is 17.0. The second-order valence-electron chi connectivity index (χ2n) is 7.05. The molecule has 148 valence electrons. The molecule has 0 saturated carbocycles. The molecule has 28 heavy (non-hydrogen) atoms. The van der Waals surface area contributed by atoms with E-state index < -0.39 is 0 Å². The molecule has 5 nitrogen and oxygen atoms in total. The van der Waals surface area contributed by atoms with Crippen LogP contribution < -0.4 is 5.32 Å². The first kappa shape index (κ1) is 20.3. The SMILES string of the molecule is CCCCc1ccc(C(NC(=O)CCN2C(=O)CCC2=O)c2cccs2)cc1. The first-order valence-corrected chi connectivity index (χ1v) is 10.7. The van der Waals surface area contributed by atoms with Crippen LogP contribution >= 0.6 is 11.3 Å². The molecule has 1 aliphatic heterocycles. The zero-order valence-electron chi connectivity index (χ0n) is 16.1. The van der Waals surface area contributed by atoms with E-state index in [2.05, 4.69) is 36.5 Å². The molecule has 3 rings (SSSR count). The number of rotatable bonds is 9. The van der Waals surface area contributed by atoms with Gasteiger partial charge in [-0.25, -0.2) is 0 Å². The van der Waals surface area contributed by atoms with E-state index in [9.17, 15) is 14.4 Å². The fourth-order valence-corrected chi connectivity index (χ4v) is 4.15. The van der Waals surface area contributed by atoms with Crippen molar-refractivity contribution in [2.45, 2.75) is 51.5 Å². The molecule has 1 aromatic heterocycles. The van der Waals surface area contributed by atoms with E-state index >= 15 is 0 Å². The molecule has 2 aromatic rings. The standard InChI is InChI=1S/C22H26N2O3S/c1-2-3-5-16-7-9-17(10-8-16)22(18-6-4-15-28-18)23-19(25)13-14-24-20(26)11-12-21(24)27/h4,6-10,15,22H,2-3,5,11-14H2,1H3,(H,23,25). The fourth-order valence-electron chi connectivity index (χ4n) is 3.35. The first-order chi connectivity index (χ1) is 13.6. The summed E-state index contributed by atoms with van der Waals surface area (Å²) >= 11 is 1.60. The van der Waals surface area contributed by atoms with Gasteiger partial charge in [-0.1, -0.05) is 43.7 Å². The predicted octanol–water partition coefficient (Wildman–Crippen LogP) is 3.84. The summed E-state index contributed by atoms with van der Waals surface area (Å²) in [7, 11) is 0. The molecule has 0 aliphatic carbocycles. The van der Waals surface area contributed by atoms with Crippen LogP contribution in [0, 0.1) is 0 Å². The largest absolute Gasteiger partial charge is 0.344 e. The molecule has 1 saturated heterocycles. The smallest absolute Gasteiger partial charge is 0.229 e. The van der Waals surface area contributed by atoms with Gasteiger partial charge in [0.1, 0.15) is 0 Å². The summed E-state index contributed by atoms with van der Waals surface area (Å²) < 4.78 is 0. The number of nitrogens with one attached hydrogen (secondary N) is 1. The zero-order chi connectivity index (χ0) is 19.9. The van der Waals surface area contributed by atoms with Gasteiger partial charge in [0.15, 0.2) is 0 Å². The molecule has 3 amide bonds. The van der Waals surface area contributed by atoms with Crippen LogP contribution in [0.25, 0.3) is 0 Å². The molecular formula is C22H26N2O3S. The monoisotopic (exact) mass is 398 g/mol. The summed E-state index contributed by atoms with van der Waals surface area (Å²) in [5, 5.41) is 5.07. The normalized spacial score (nSPS) is 15.1. The minimum atomic E-state index is -0.224. The first-order valence-electron chi connectivity index (χ1n) is 9.83. The number of hydrogen-bond acceptors (Lipinski definition) is 4. The van der Waals surface area contributed by atoms with Crippen LogP contribution in [0.15, 0.2) is 41.8 Å². The Bertz CT molecular complexity index is 799. The number of likely N-dealkylation sites (tertiary alicyclic amines) is 1. The Morgan fingerprint density at radius 3 is 2.46 bits per heavy atom. The van der Waals surface area contributed by atoms with E-state index in [0.29, 0.717) is 0 Å². The minimum Gasteiger partial charge on any atom is -0.344 e. The molecule has 1 atom stereocenters. The highest BCUT2D eigenvalue weighted by Gasteiger charge is 2.29. The third kappa shape index (κ3) is 5.07. The Labute approximate surface area is 169 Å². The van der Waals surface area contributed by atoms with Gasteiger partial charge in [-0.05, 0) is 35.4 Å². The summed E-state index contributed by atoms with van der Waals surface area (Å²) in [6.45, 7) is 2.33. The molecule has 1 N–H and O–H groups in total. The van der Waals surface area contributed by atoms with Gasteiger partial charge in [-0.2, -0.15) is 0 Å². The van der Waals surface area contributed by atoms with Gasteiger partial charge in [0.05, 0.1) is 6.04 Å². The van der Waals surface area contributed by atoms with E-state index in [4.69, 9.17) is 0 Å². The molecule has 1 fully saturated rings. The van der Waals surface area contributed by atoms with Crippen molar-refractivity contribution in [2.24, 2.45) is 0 Å². The summed E-state index contributed by atoms with van der Waals surface area (Å²) in [4.78, 5) is 38.2. The number of carbonyl (C=O) groups excluding carboxylic acids is 3. The second-order valence-corrected chi connectivity index (χ2v) is 8.03. The van der Waals surface area contributed by atoms with Crippen molar-refractivity contribution in [3.05, 3.63) is 57.8 Å². The van der Waals surface area contributed by atoms with Crippen molar-refractivity contribution >= 4 is 29.1 Å². The van der Waals surface area contributed by atoms with Gasteiger partial charge in [0.25, 0.3) is 0 Å². The molecule has 0 radical (unpaired) electrons. The van der Waals surface area contributed by atoms with Crippen LogP contribution in [0.1, 0.15) is 61.1 Å². The van der Waals surface area contributed by atoms with Crippen molar-refractivity contribution < 1.29 is 14.4 Å². The minimum absolute atomic E-state index is 0.119. The number of carbonyl (C=O) groups is 3. The maximum absolute atomic E-state index is 12.5. The molecule has 2 heterocycles. The lowest BCUT2D eigenvalue weighted by Crippen LogP contribution is -2.35. The Morgan fingerprint density at radius 2 is 1.86 bits per heavy atom. The van der Waals surface area contributed by atoms with Crippen molar-refractivity contribution in [3.63, 3.8) is 0 Å². The average molecular weight is 399 g/mol. The van der Waals surface area contributed by atoms with Crippen molar-refractivity contribution in [1.29, 1.82) is 0 Å². The lowest BCUT2D eigenvalue weighted by molar-refractivity contribution is -0.138. The number of hydrogen-bond donors (Lipinski definition) is 1. The number of unbranched alkanes of at least 4 members (excludes halogenated alkanes) is 1. The molecule has 0 spiro atoms. The Balaban J connectivity index is 1.66. The van der Waals surface area contributed by atoms with Crippen molar-refractivity contribution in [1.82, 2.24) is 10.2 Å². The van der Waals surface area contributed by atoms with Gasteiger partial charge in [0.2, 0.25) is 17.7 Å². The second kappa shape index (κ2) is 9.64. The van der Waals surface area contributed by atoms with Crippen molar-refractivity contribution in [3.8, 4) is 0 Å². The van der Waals surface area contributed by atoms with Crippen LogP contribution in [-0.4, -0.2) is 29.2 Å². The molecule has 1 aliphatic rings. The third-order valence-electron chi connectivity index (χ3n) is 4.98.